The van der Waals surface area contributed by atoms with Crippen molar-refractivity contribution in [2.75, 3.05) is 12.9 Å². The Hall–Kier alpha value is -3.53. The smallest absolute Gasteiger partial charge is 0.237 e. The van der Waals surface area contributed by atoms with Crippen molar-refractivity contribution >= 4 is 34.0 Å². The Morgan fingerprint density at radius 2 is 2.00 bits per heavy atom. The van der Waals surface area contributed by atoms with Gasteiger partial charge in [-0.3, -0.25) is 9.13 Å². The summed E-state index contributed by atoms with van der Waals surface area (Å²) in [6, 6.07) is 9.13. The first-order valence-corrected chi connectivity index (χ1v) is 11.2. The second-order valence-corrected chi connectivity index (χ2v) is 8.18. The molecule has 3 aromatic heterocycles. The molecule has 1 aliphatic rings. The third kappa shape index (κ3) is 2.86. The van der Waals surface area contributed by atoms with Crippen molar-refractivity contribution in [3.8, 4) is 11.7 Å². The Morgan fingerprint density at radius 1 is 1.09 bits per heavy atom. The van der Waals surface area contributed by atoms with Crippen LogP contribution in [0.25, 0.3) is 28.1 Å². The van der Waals surface area contributed by atoms with E-state index >= 15 is 0 Å². The van der Waals surface area contributed by atoms with Gasteiger partial charge in [-0.25, -0.2) is 23.7 Å². The van der Waals surface area contributed by atoms with E-state index in [-0.39, 0.29) is 23.4 Å². The van der Waals surface area contributed by atoms with Gasteiger partial charge in [0.25, 0.3) is 0 Å². The summed E-state index contributed by atoms with van der Waals surface area (Å²) in [4.78, 5) is 18.2. The summed E-state index contributed by atoms with van der Waals surface area (Å²) in [6.07, 6.45) is 5.80. The number of ether oxygens (including phenoxy) is 1. The van der Waals surface area contributed by atoms with Crippen molar-refractivity contribution in [3.63, 3.8) is 0 Å². The summed E-state index contributed by atoms with van der Waals surface area (Å²) in [5, 5.41) is 0.745. The van der Waals surface area contributed by atoms with Gasteiger partial charge in [-0.05, 0) is 24.5 Å². The van der Waals surface area contributed by atoms with Crippen LogP contribution in [-0.4, -0.2) is 41.9 Å². The zero-order valence-corrected chi connectivity index (χ0v) is 17.7. The minimum absolute atomic E-state index is 0.193. The van der Waals surface area contributed by atoms with Gasteiger partial charge in [-0.2, -0.15) is 4.98 Å². The second kappa shape index (κ2) is 7.27. The number of halogens is 2. The lowest BCUT2D eigenvalue weighted by molar-refractivity contribution is 0.241. The maximum atomic E-state index is 14.4. The molecule has 6 rings (SSSR count). The van der Waals surface area contributed by atoms with Gasteiger partial charge in [0.05, 0.1) is 29.9 Å². The van der Waals surface area contributed by atoms with Crippen LogP contribution >= 0.6 is 11.8 Å². The number of aromatic nitrogens is 6. The minimum Gasteiger partial charge on any atom is -0.490 e. The van der Waals surface area contributed by atoms with Gasteiger partial charge >= 0.3 is 0 Å². The topological polar surface area (TPSA) is 70.7 Å². The molecule has 10 heteroatoms. The molecule has 0 fully saturated rings. The molecular formula is C22H16F2N6OS. The van der Waals surface area contributed by atoms with Crippen LogP contribution in [0.1, 0.15) is 18.0 Å². The minimum atomic E-state index is -0.385. The highest BCUT2D eigenvalue weighted by molar-refractivity contribution is 7.98. The highest BCUT2D eigenvalue weighted by Crippen LogP contribution is 2.39. The van der Waals surface area contributed by atoms with Gasteiger partial charge in [0.1, 0.15) is 17.7 Å². The lowest BCUT2D eigenvalue weighted by atomic mass is 10.00. The predicted octanol–water partition coefficient (Wildman–Crippen LogP) is 4.54. The van der Waals surface area contributed by atoms with E-state index in [2.05, 4.69) is 15.0 Å². The Balaban J connectivity index is 1.57. The average Bonchev–Trinajstić information content (AvgIpc) is 3.39. The summed E-state index contributed by atoms with van der Waals surface area (Å²) in [5.41, 5.74) is 3.19. The van der Waals surface area contributed by atoms with Gasteiger partial charge in [0.2, 0.25) is 5.95 Å². The van der Waals surface area contributed by atoms with Crippen LogP contribution in [0.5, 0.6) is 5.75 Å². The SMILES string of the molecule is CSc1nc2cnc(-n3cnc4ccc(F)cc43)nc2n1C1CCOc2c(F)cccc21. The van der Waals surface area contributed by atoms with Crippen molar-refractivity contribution in [2.45, 2.75) is 17.6 Å². The van der Waals surface area contributed by atoms with E-state index in [0.29, 0.717) is 41.2 Å². The molecule has 1 unspecified atom stereocenters. The first-order chi connectivity index (χ1) is 15.6. The molecule has 4 heterocycles. The fourth-order valence-corrected chi connectivity index (χ4v) is 4.78. The quantitative estimate of drug-likeness (QED) is 0.376. The van der Waals surface area contributed by atoms with Gasteiger partial charge in [0, 0.05) is 18.1 Å². The van der Waals surface area contributed by atoms with Crippen LogP contribution in [-0.2, 0) is 0 Å². The van der Waals surface area contributed by atoms with E-state index in [0.717, 1.165) is 10.7 Å². The highest BCUT2D eigenvalue weighted by atomic mass is 32.2. The fraction of sp³-hybridized carbons (Fsp3) is 0.182. The first-order valence-electron chi connectivity index (χ1n) is 9.97. The molecule has 160 valence electrons. The molecule has 0 spiro atoms. The number of rotatable bonds is 3. The van der Waals surface area contributed by atoms with Crippen LogP contribution in [0.4, 0.5) is 8.78 Å². The van der Waals surface area contributed by atoms with E-state index in [1.165, 1.54) is 30.0 Å². The lowest BCUT2D eigenvalue weighted by Crippen LogP contribution is -2.22. The van der Waals surface area contributed by atoms with Crippen LogP contribution < -0.4 is 4.74 Å². The molecule has 0 bridgehead atoms. The summed E-state index contributed by atoms with van der Waals surface area (Å²) in [6.45, 7) is 0.384. The van der Waals surface area contributed by atoms with Crippen molar-refractivity contribution in [1.29, 1.82) is 0 Å². The zero-order chi connectivity index (χ0) is 21.8. The van der Waals surface area contributed by atoms with Crippen LogP contribution in [0.3, 0.4) is 0 Å². The normalized spacial score (nSPS) is 15.8. The molecule has 0 aliphatic carbocycles. The molecule has 32 heavy (non-hydrogen) atoms. The lowest BCUT2D eigenvalue weighted by Gasteiger charge is -2.28. The third-order valence-corrected chi connectivity index (χ3v) is 6.25. The predicted molar refractivity (Wildman–Crippen MR) is 116 cm³/mol. The summed E-state index contributed by atoms with van der Waals surface area (Å²) < 4.78 is 37.5. The molecule has 1 aliphatic heterocycles. The van der Waals surface area contributed by atoms with Gasteiger partial charge < -0.3 is 4.74 Å². The largest absolute Gasteiger partial charge is 0.490 e. The Morgan fingerprint density at radius 3 is 2.88 bits per heavy atom. The monoisotopic (exact) mass is 450 g/mol. The van der Waals surface area contributed by atoms with Gasteiger partial charge in [-0.15, -0.1) is 0 Å². The highest BCUT2D eigenvalue weighted by Gasteiger charge is 2.29. The Bertz CT molecular complexity index is 1500. The molecule has 0 radical (unpaired) electrons. The van der Waals surface area contributed by atoms with Crippen molar-refractivity contribution in [3.05, 3.63) is 66.1 Å². The van der Waals surface area contributed by atoms with Crippen molar-refractivity contribution in [2.24, 2.45) is 0 Å². The molecule has 0 saturated heterocycles. The van der Waals surface area contributed by atoms with Gasteiger partial charge in [0.15, 0.2) is 22.4 Å². The van der Waals surface area contributed by atoms with E-state index in [9.17, 15) is 8.78 Å². The average molecular weight is 450 g/mol. The fourth-order valence-electron chi connectivity index (χ4n) is 4.18. The maximum Gasteiger partial charge on any atom is 0.237 e. The van der Waals surface area contributed by atoms with E-state index < -0.39 is 0 Å². The summed E-state index contributed by atoms with van der Waals surface area (Å²) in [7, 11) is 0. The number of thioether (sulfide) groups is 1. The molecule has 0 N–H and O–H groups in total. The number of fused-ring (bicyclic) bond motifs is 3. The molecule has 2 aromatic carbocycles. The van der Waals surface area contributed by atoms with Crippen LogP contribution in [0, 0.1) is 11.6 Å². The number of hydrogen-bond donors (Lipinski definition) is 0. The van der Waals surface area contributed by atoms with Crippen LogP contribution in [0.2, 0.25) is 0 Å². The Labute approximate surface area is 185 Å². The van der Waals surface area contributed by atoms with E-state index in [4.69, 9.17) is 9.72 Å². The summed E-state index contributed by atoms with van der Waals surface area (Å²) >= 11 is 1.48. The Kier molecular flexibility index (Phi) is 4.35. The number of para-hydroxylation sites is 1. The van der Waals surface area contributed by atoms with Gasteiger partial charge in [-0.1, -0.05) is 23.9 Å². The molecule has 1 atom stereocenters. The maximum absolute atomic E-state index is 14.4. The zero-order valence-electron chi connectivity index (χ0n) is 16.9. The first kappa shape index (κ1) is 19.2. The van der Waals surface area contributed by atoms with E-state index in [1.54, 1.807) is 29.2 Å². The number of benzene rings is 2. The molecule has 5 aromatic rings. The number of nitrogens with zero attached hydrogens (tertiary/aromatic N) is 6. The number of imidazole rings is 2. The van der Waals surface area contributed by atoms with Crippen molar-refractivity contribution < 1.29 is 13.5 Å². The standard InChI is InChI=1S/C22H16F2N6OS/c1-32-22-27-16-10-25-21(29-11-26-15-6-5-12(23)9-18(15)29)28-20(16)30(22)17-7-8-31-19-13(17)3-2-4-14(19)24/h2-6,9-11,17H,7-8H2,1H3. The summed E-state index contributed by atoms with van der Waals surface area (Å²) in [5.74, 6) is -0.130. The second-order valence-electron chi connectivity index (χ2n) is 7.41. The number of hydrogen-bond acceptors (Lipinski definition) is 6. The molecular weight excluding hydrogens is 434 g/mol. The third-order valence-electron chi connectivity index (χ3n) is 5.60. The van der Waals surface area contributed by atoms with E-state index in [1.807, 2.05) is 16.9 Å². The molecule has 0 saturated carbocycles. The molecule has 0 amide bonds. The van der Waals surface area contributed by atoms with Crippen molar-refractivity contribution in [1.82, 2.24) is 29.1 Å². The molecule has 7 nitrogen and oxygen atoms in total. The van der Waals surface area contributed by atoms with Crippen LogP contribution in [0.15, 0.2) is 54.1 Å².